The van der Waals surface area contributed by atoms with Crippen LogP contribution in [0.25, 0.3) is 0 Å². The van der Waals surface area contributed by atoms with Gasteiger partial charge in [-0.2, -0.15) is 0 Å². The number of para-hydroxylation sites is 2. The summed E-state index contributed by atoms with van der Waals surface area (Å²) < 4.78 is 33.0. The minimum absolute atomic E-state index is 0.0797. The number of ether oxygens (including phenoxy) is 1. The van der Waals surface area contributed by atoms with Gasteiger partial charge in [-0.25, -0.2) is 18.0 Å². The lowest BCUT2D eigenvalue weighted by atomic mass is 10.1. The Labute approximate surface area is 203 Å². The highest BCUT2D eigenvalue weighted by Gasteiger charge is 2.51. The van der Waals surface area contributed by atoms with Crippen LogP contribution in [0.3, 0.4) is 0 Å². The highest BCUT2D eigenvalue weighted by atomic mass is 32.2. The van der Waals surface area contributed by atoms with Crippen LogP contribution in [0.1, 0.15) is 11.1 Å². The number of rotatable bonds is 5. The number of carbonyl (C=O) groups excluding carboxylic acids is 2. The number of sulfone groups is 1. The Morgan fingerprint density at radius 3 is 2.51 bits per heavy atom. The molecule has 1 fully saturated rings. The van der Waals surface area contributed by atoms with Crippen molar-refractivity contribution in [3.8, 4) is 5.75 Å². The molecule has 10 heteroatoms. The number of urea groups is 2. The summed E-state index contributed by atoms with van der Waals surface area (Å²) in [6.07, 6.45) is 0.501. The molecule has 1 atom stereocenters. The second-order valence-corrected chi connectivity index (χ2v) is 10.5. The van der Waals surface area contributed by atoms with Crippen molar-refractivity contribution in [1.82, 2.24) is 10.6 Å². The van der Waals surface area contributed by atoms with Crippen LogP contribution in [0.4, 0.5) is 21.0 Å². The molecule has 35 heavy (non-hydrogen) atoms. The molecule has 3 N–H and O–H groups in total. The van der Waals surface area contributed by atoms with Crippen molar-refractivity contribution < 1.29 is 22.7 Å². The van der Waals surface area contributed by atoms with Crippen molar-refractivity contribution in [2.24, 2.45) is 0 Å². The summed E-state index contributed by atoms with van der Waals surface area (Å²) in [6, 6.07) is 19.6. The molecule has 3 aromatic rings. The van der Waals surface area contributed by atoms with Crippen LogP contribution in [-0.2, 0) is 21.1 Å². The van der Waals surface area contributed by atoms with Gasteiger partial charge < -0.3 is 20.7 Å². The van der Waals surface area contributed by atoms with E-state index in [4.69, 9.17) is 4.74 Å². The fourth-order valence-corrected chi connectivity index (χ4v) is 6.45. The number of hydrogen-bond acceptors (Lipinski definition) is 5. The fourth-order valence-electron chi connectivity index (χ4n) is 4.56. The van der Waals surface area contributed by atoms with E-state index in [1.54, 1.807) is 65.6 Å². The predicted molar refractivity (Wildman–Crippen MR) is 131 cm³/mol. The molecule has 0 aliphatic carbocycles. The van der Waals surface area contributed by atoms with Crippen molar-refractivity contribution in [3.63, 3.8) is 0 Å². The van der Waals surface area contributed by atoms with E-state index in [2.05, 4.69) is 16.0 Å². The van der Waals surface area contributed by atoms with Crippen LogP contribution < -0.4 is 25.6 Å². The van der Waals surface area contributed by atoms with Gasteiger partial charge in [0.25, 0.3) is 0 Å². The van der Waals surface area contributed by atoms with E-state index < -0.39 is 20.7 Å². The number of nitrogens with one attached hydrogen (secondary N) is 3. The Morgan fingerprint density at radius 1 is 1.06 bits per heavy atom. The fraction of sp³-hybridized carbons (Fsp3) is 0.200. The molecular formula is C25H24N4O5S. The lowest BCUT2D eigenvalue weighted by Crippen LogP contribution is -2.47. The lowest BCUT2D eigenvalue weighted by Gasteiger charge is -2.28. The average molecular weight is 493 g/mol. The summed E-state index contributed by atoms with van der Waals surface area (Å²) in [5.41, 5.74) is 2.39. The maximum atomic E-state index is 13.9. The molecule has 3 aromatic carbocycles. The summed E-state index contributed by atoms with van der Waals surface area (Å²) >= 11 is 0. The molecule has 5 rings (SSSR count). The van der Waals surface area contributed by atoms with E-state index in [9.17, 15) is 18.0 Å². The molecule has 0 radical (unpaired) electrons. The minimum Gasteiger partial charge on any atom is -0.495 e. The average Bonchev–Trinajstić information content (AvgIpc) is 3.49. The van der Waals surface area contributed by atoms with Crippen LogP contribution in [0.15, 0.2) is 77.7 Å². The standard InChI is InChI=1S/C25H24N4O5S/c1-34-22-10-6-5-9-20(22)27-24(31)29-14-13-17-15-19(11-12-21(17)29)35(32,33)25(16-26-23(30)28-25)18-7-3-2-4-8-18/h2-12,15H,13-14,16H2,1H3,(H,27,31)(H2,26,28,30). The van der Waals surface area contributed by atoms with Gasteiger partial charge in [0.2, 0.25) is 9.84 Å². The van der Waals surface area contributed by atoms with Crippen molar-refractivity contribution >= 4 is 33.3 Å². The Kier molecular flexibility index (Phi) is 5.60. The Hall–Kier alpha value is -4.05. The maximum Gasteiger partial charge on any atom is 0.326 e. The first kappa shape index (κ1) is 22.7. The normalized spacial score (nSPS) is 19.0. The monoisotopic (exact) mass is 492 g/mol. The highest BCUT2D eigenvalue weighted by Crippen LogP contribution is 2.38. The zero-order valence-electron chi connectivity index (χ0n) is 18.9. The van der Waals surface area contributed by atoms with Gasteiger partial charge in [-0.3, -0.25) is 4.90 Å². The molecule has 0 saturated carbocycles. The summed E-state index contributed by atoms with van der Waals surface area (Å²) in [4.78, 5) is 25.1. The van der Waals surface area contributed by atoms with Gasteiger partial charge >= 0.3 is 12.1 Å². The Bertz CT molecular complexity index is 1410. The van der Waals surface area contributed by atoms with Gasteiger partial charge in [0.15, 0.2) is 4.87 Å². The van der Waals surface area contributed by atoms with Gasteiger partial charge in [0.1, 0.15) is 5.75 Å². The molecule has 0 spiro atoms. The van der Waals surface area contributed by atoms with E-state index in [0.29, 0.717) is 35.7 Å². The van der Waals surface area contributed by atoms with Gasteiger partial charge in [0, 0.05) is 12.2 Å². The Balaban J connectivity index is 1.46. The van der Waals surface area contributed by atoms with E-state index in [0.717, 1.165) is 5.56 Å². The van der Waals surface area contributed by atoms with Crippen LogP contribution >= 0.6 is 0 Å². The third-order valence-corrected chi connectivity index (χ3v) is 8.64. The number of nitrogens with zero attached hydrogens (tertiary/aromatic N) is 1. The number of fused-ring (bicyclic) bond motifs is 1. The molecule has 2 aliphatic rings. The Morgan fingerprint density at radius 2 is 1.80 bits per heavy atom. The molecule has 1 unspecified atom stereocenters. The second kappa shape index (κ2) is 8.62. The van der Waals surface area contributed by atoms with E-state index in [-0.39, 0.29) is 17.5 Å². The molecule has 1 saturated heterocycles. The van der Waals surface area contributed by atoms with Gasteiger partial charge in [0.05, 0.1) is 24.2 Å². The van der Waals surface area contributed by atoms with Crippen LogP contribution in [-0.4, -0.2) is 40.7 Å². The molecule has 0 bridgehead atoms. The van der Waals surface area contributed by atoms with Crippen molar-refractivity contribution in [1.29, 1.82) is 0 Å². The first-order chi connectivity index (χ1) is 16.9. The zero-order chi connectivity index (χ0) is 24.6. The lowest BCUT2D eigenvalue weighted by molar-refractivity contribution is 0.246. The summed E-state index contributed by atoms with van der Waals surface area (Å²) in [7, 11) is -2.50. The largest absolute Gasteiger partial charge is 0.495 e. The third kappa shape index (κ3) is 3.75. The summed E-state index contributed by atoms with van der Waals surface area (Å²) in [6.45, 7) is 0.310. The highest BCUT2D eigenvalue weighted by molar-refractivity contribution is 7.92. The first-order valence-corrected chi connectivity index (χ1v) is 12.5. The number of hydrogen-bond donors (Lipinski definition) is 3. The summed E-state index contributed by atoms with van der Waals surface area (Å²) in [5.74, 6) is 0.542. The molecule has 2 heterocycles. The molecule has 4 amide bonds. The third-order valence-electron chi connectivity index (χ3n) is 6.36. The van der Waals surface area contributed by atoms with Crippen molar-refractivity contribution in [2.75, 3.05) is 30.4 Å². The SMILES string of the molecule is COc1ccccc1NC(=O)N1CCc2cc(S(=O)(=O)C3(c4ccccc4)CNC(=O)N3)ccc21. The molecule has 9 nitrogen and oxygen atoms in total. The van der Waals surface area contributed by atoms with Crippen LogP contribution in [0, 0.1) is 0 Å². The van der Waals surface area contributed by atoms with E-state index in [1.165, 1.54) is 13.2 Å². The number of carbonyl (C=O) groups is 2. The number of methoxy groups -OCH3 is 1. The quantitative estimate of drug-likeness (QED) is 0.506. The topological polar surface area (TPSA) is 117 Å². The molecule has 180 valence electrons. The van der Waals surface area contributed by atoms with Gasteiger partial charge in [-0.15, -0.1) is 0 Å². The second-order valence-electron chi connectivity index (χ2n) is 8.33. The van der Waals surface area contributed by atoms with Gasteiger partial charge in [-0.05, 0) is 47.9 Å². The van der Waals surface area contributed by atoms with E-state index in [1.807, 2.05) is 6.07 Å². The number of amides is 4. The smallest absolute Gasteiger partial charge is 0.326 e. The first-order valence-electron chi connectivity index (χ1n) is 11.1. The van der Waals surface area contributed by atoms with Crippen LogP contribution in [0.5, 0.6) is 5.75 Å². The van der Waals surface area contributed by atoms with Crippen LogP contribution in [0.2, 0.25) is 0 Å². The van der Waals surface area contributed by atoms with E-state index >= 15 is 0 Å². The summed E-state index contributed by atoms with van der Waals surface area (Å²) in [5, 5.41) is 8.08. The van der Waals surface area contributed by atoms with Gasteiger partial charge in [-0.1, -0.05) is 42.5 Å². The molecule has 2 aliphatic heterocycles. The molecule has 0 aromatic heterocycles. The van der Waals surface area contributed by atoms with Crippen molar-refractivity contribution in [2.45, 2.75) is 16.2 Å². The number of anilines is 2. The predicted octanol–water partition coefficient (Wildman–Crippen LogP) is 3.23. The van der Waals surface area contributed by atoms with Crippen molar-refractivity contribution in [3.05, 3.63) is 83.9 Å². The number of benzene rings is 3. The maximum absolute atomic E-state index is 13.9. The zero-order valence-corrected chi connectivity index (χ0v) is 19.8. The minimum atomic E-state index is -4.03. The molecular weight excluding hydrogens is 468 g/mol.